The van der Waals surface area contributed by atoms with Crippen LogP contribution in [0.3, 0.4) is 0 Å². The Morgan fingerprint density at radius 3 is 3.11 bits per heavy atom. The first-order valence-corrected chi connectivity index (χ1v) is 7.29. The molecule has 100 valence electrons. The van der Waals surface area contributed by atoms with Gasteiger partial charge < -0.3 is 5.32 Å². The summed E-state index contributed by atoms with van der Waals surface area (Å²) in [5.41, 5.74) is 1.91. The first kappa shape index (κ1) is 13.7. The van der Waals surface area contributed by atoms with E-state index in [0.29, 0.717) is 13.0 Å². The number of nitrogens with zero attached hydrogens (tertiary/aromatic N) is 2. The van der Waals surface area contributed by atoms with Crippen LogP contribution in [0.5, 0.6) is 0 Å². The van der Waals surface area contributed by atoms with Crippen LogP contribution in [0.2, 0.25) is 0 Å². The standard InChI is InChI=1S/C14H17N3OS/c1-2-3-6-13(18)16-9-12-10-19-14(17-12)11-5-4-7-15-8-11/h4-5,7-8,10H,2-3,6,9H2,1H3,(H,16,18). The van der Waals surface area contributed by atoms with Crippen LogP contribution in [-0.2, 0) is 11.3 Å². The molecule has 0 fully saturated rings. The molecule has 4 nitrogen and oxygen atoms in total. The number of nitrogens with one attached hydrogen (secondary N) is 1. The van der Waals surface area contributed by atoms with E-state index in [4.69, 9.17) is 0 Å². The Kier molecular flexibility index (Phi) is 5.03. The van der Waals surface area contributed by atoms with E-state index < -0.39 is 0 Å². The molecule has 0 aromatic carbocycles. The van der Waals surface area contributed by atoms with Gasteiger partial charge in [-0.05, 0) is 18.6 Å². The maximum Gasteiger partial charge on any atom is 0.220 e. The Balaban J connectivity index is 1.90. The average molecular weight is 275 g/mol. The maximum absolute atomic E-state index is 11.5. The summed E-state index contributed by atoms with van der Waals surface area (Å²) in [7, 11) is 0. The maximum atomic E-state index is 11.5. The predicted octanol–water partition coefficient (Wildman–Crippen LogP) is 3.01. The molecule has 0 aliphatic rings. The lowest BCUT2D eigenvalue weighted by molar-refractivity contribution is -0.121. The van der Waals surface area contributed by atoms with Crippen LogP contribution in [0.1, 0.15) is 31.9 Å². The molecule has 0 saturated heterocycles. The topological polar surface area (TPSA) is 54.9 Å². The lowest BCUT2D eigenvalue weighted by Gasteiger charge is -2.01. The van der Waals surface area contributed by atoms with Gasteiger partial charge in [-0.1, -0.05) is 13.3 Å². The lowest BCUT2D eigenvalue weighted by atomic mass is 10.2. The normalized spacial score (nSPS) is 10.4. The van der Waals surface area contributed by atoms with Crippen LogP contribution in [0, 0.1) is 0 Å². The van der Waals surface area contributed by atoms with Crippen LogP contribution in [0.4, 0.5) is 0 Å². The van der Waals surface area contributed by atoms with Gasteiger partial charge in [0.1, 0.15) is 5.01 Å². The Morgan fingerprint density at radius 2 is 2.37 bits per heavy atom. The van der Waals surface area contributed by atoms with Crippen molar-refractivity contribution in [3.05, 3.63) is 35.6 Å². The second-order valence-corrected chi connectivity index (χ2v) is 5.12. The molecule has 0 radical (unpaired) electrons. The summed E-state index contributed by atoms with van der Waals surface area (Å²) in [5.74, 6) is 0.0952. The summed E-state index contributed by atoms with van der Waals surface area (Å²) in [6.45, 7) is 2.58. The summed E-state index contributed by atoms with van der Waals surface area (Å²) >= 11 is 1.57. The van der Waals surface area contributed by atoms with Gasteiger partial charge >= 0.3 is 0 Å². The van der Waals surface area contributed by atoms with Crippen molar-refractivity contribution < 1.29 is 4.79 Å². The number of hydrogen-bond donors (Lipinski definition) is 1. The van der Waals surface area contributed by atoms with Crippen molar-refractivity contribution in [1.29, 1.82) is 0 Å². The SMILES string of the molecule is CCCCC(=O)NCc1csc(-c2cccnc2)n1. The van der Waals surface area contributed by atoms with E-state index >= 15 is 0 Å². The van der Waals surface area contributed by atoms with Crippen LogP contribution in [0.25, 0.3) is 10.6 Å². The molecule has 2 aromatic heterocycles. The highest BCUT2D eigenvalue weighted by molar-refractivity contribution is 7.13. The quantitative estimate of drug-likeness (QED) is 0.881. The number of aromatic nitrogens is 2. The molecule has 1 amide bonds. The first-order valence-electron chi connectivity index (χ1n) is 6.41. The number of rotatable bonds is 6. The van der Waals surface area contributed by atoms with E-state index in [1.807, 2.05) is 17.5 Å². The zero-order valence-corrected chi connectivity index (χ0v) is 11.7. The largest absolute Gasteiger partial charge is 0.350 e. The van der Waals surface area contributed by atoms with Gasteiger partial charge in [-0.15, -0.1) is 11.3 Å². The van der Waals surface area contributed by atoms with Gasteiger partial charge in [-0.2, -0.15) is 0 Å². The summed E-state index contributed by atoms with van der Waals surface area (Å²) < 4.78 is 0. The summed E-state index contributed by atoms with van der Waals surface area (Å²) in [6.07, 6.45) is 6.10. The number of amides is 1. The van der Waals surface area contributed by atoms with Gasteiger partial charge in [0.05, 0.1) is 12.2 Å². The van der Waals surface area contributed by atoms with E-state index in [1.54, 1.807) is 23.7 Å². The Labute approximate surface area is 116 Å². The molecule has 2 rings (SSSR count). The molecular weight excluding hydrogens is 258 g/mol. The van der Waals surface area contributed by atoms with Crippen molar-refractivity contribution in [3.8, 4) is 10.6 Å². The smallest absolute Gasteiger partial charge is 0.220 e. The first-order chi connectivity index (χ1) is 9.29. The molecule has 0 aliphatic carbocycles. The number of unbranched alkanes of at least 4 members (excludes halogenated alkanes) is 1. The molecule has 1 N–H and O–H groups in total. The van der Waals surface area contributed by atoms with Gasteiger partial charge in [-0.3, -0.25) is 9.78 Å². The highest BCUT2D eigenvalue weighted by Crippen LogP contribution is 2.22. The molecule has 0 atom stereocenters. The number of carbonyl (C=O) groups is 1. The minimum atomic E-state index is 0.0952. The summed E-state index contributed by atoms with van der Waals surface area (Å²) in [5, 5.41) is 5.80. The van der Waals surface area contributed by atoms with Crippen LogP contribution < -0.4 is 5.32 Å². The second kappa shape index (κ2) is 6.99. The van der Waals surface area contributed by atoms with Crippen molar-refractivity contribution in [2.45, 2.75) is 32.7 Å². The molecule has 0 unspecified atom stereocenters. The van der Waals surface area contributed by atoms with Crippen LogP contribution >= 0.6 is 11.3 Å². The lowest BCUT2D eigenvalue weighted by Crippen LogP contribution is -2.22. The Hall–Kier alpha value is -1.75. The minimum Gasteiger partial charge on any atom is -0.350 e. The number of carbonyl (C=O) groups excluding carboxylic acids is 1. The van der Waals surface area contributed by atoms with Crippen molar-refractivity contribution >= 4 is 17.2 Å². The molecule has 19 heavy (non-hydrogen) atoms. The third-order valence-corrected chi connectivity index (χ3v) is 3.62. The Morgan fingerprint density at radius 1 is 1.47 bits per heavy atom. The van der Waals surface area contributed by atoms with Gasteiger partial charge in [0.25, 0.3) is 0 Å². The van der Waals surface area contributed by atoms with Gasteiger partial charge in [0.15, 0.2) is 0 Å². The van der Waals surface area contributed by atoms with E-state index in [2.05, 4.69) is 22.2 Å². The number of pyridine rings is 1. The van der Waals surface area contributed by atoms with Crippen molar-refractivity contribution in [3.63, 3.8) is 0 Å². The molecule has 0 bridgehead atoms. The van der Waals surface area contributed by atoms with Crippen molar-refractivity contribution in [1.82, 2.24) is 15.3 Å². The molecular formula is C14H17N3OS. The van der Waals surface area contributed by atoms with Crippen molar-refractivity contribution in [2.75, 3.05) is 0 Å². The van der Waals surface area contributed by atoms with Crippen LogP contribution in [-0.4, -0.2) is 15.9 Å². The molecule has 0 aliphatic heterocycles. The minimum absolute atomic E-state index is 0.0952. The second-order valence-electron chi connectivity index (χ2n) is 4.27. The predicted molar refractivity (Wildman–Crippen MR) is 76.7 cm³/mol. The van der Waals surface area contributed by atoms with Crippen molar-refractivity contribution in [2.24, 2.45) is 0 Å². The van der Waals surface area contributed by atoms with Crippen LogP contribution in [0.15, 0.2) is 29.9 Å². The fraction of sp³-hybridized carbons (Fsp3) is 0.357. The third kappa shape index (κ3) is 4.13. The number of thiazole rings is 1. The average Bonchev–Trinajstić information content (AvgIpc) is 2.93. The third-order valence-electron chi connectivity index (χ3n) is 2.68. The van der Waals surface area contributed by atoms with E-state index in [-0.39, 0.29) is 5.91 Å². The summed E-state index contributed by atoms with van der Waals surface area (Å²) in [6, 6.07) is 3.87. The fourth-order valence-corrected chi connectivity index (χ4v) is 2.44. The zero-order valence-electron chi connectivity index (χ0n) is 10.9. The highest BCUT2D eigenvalue weighted by Gasteiger charge is 2.06. The molecule has 2 aromatic rings. The van der Waals surface area contributed by atoms with Gasteiger partial charge in [0, 0.05) is 29.8 Å². The number of hydrogen-bond acceptors (Lipinski definition) is 4. The zero-order chi connectivity index (χ0) is 13.5. The van der Waals surface area contributed by atoms with Gasteiger partial charge in [0.2, 0.25) is 5.91 Å². The molecule has 2 heterocycles. The van der Waals surface area contributed by atoms with E-state index in [9.17, 15) is 4.79 Å². The highest BCUT2D eigenvalue weighted by atomic mass is 32.1. The monoisotopic (exact) mass is 275 g/mol. The molecule has 0 saturated carbocycles. The van der Waals surface area contributed by atoms with E-state index in [0.717, 1.165) is 29.1 Å². The Bertz CT molecular complexity index is 524. The molecule has 5 heteroatoms. The van der Waals surface area contributed by atoms with Gasteiger partial charge in [-0.25, -0.2) is 4.98 Å². The fourth-order valence-electron chi connectivity index (χ4n) is 1.62. The summed E-state index contributed by atoms with van der Waals surface area (Å²) in [4.78, 5) is 20.1. The molecule has 0 spiro atoms. The van der Waals surface area contributed by atoms with E-state index in [1.165, 1.54) is 0 Å².